The van der Waals surface area contributed by atoms with Gasteiger partial charge in [0.15, 0.2) is 0 Å². The minimum Gasteiger partial charge on any atom is -0.383 e. The van der Waals surface area contributed by atoms with Gasteiger partial charge in [0.05, 0.1) is 17.9 Å². The minimum absolute atomic E-state index is 0.194. The van der Waals surface area contributed by atoms with Gasteiger partial charge in [-0.2, -0.15) is 0 Å². The highest BCUT2D eigenvalue weighted by molar-refractivity contribution is 5.93. The van der Waals surface area contributed by atoms with Crippen LogP contribution in [0, 0.1) is 0 Å². The summed E-state index contributed by atoms with van der Waals surface area (Å²) in [5.74, 6) is 0. The molecule has 0 radical (unpaired) electrons. The Morgan fingerprint density at radius 1 is 1.16 bits per heavy atom. The zero-order valence-corrected chi connectivity index (χ0v) is 14.7. The van der Waals surface area contributed by atoms with Crippen molar-refractivity contribution in [2.75, 3.05) is 30.9 Å². The van der Waals surface area contributed by atoms with Crippen LogP contribution >= 0.6 is 0 Å². The van der Waals surface area contributed by atoms with Crippen LogP contribution in [0.1, 0.15) is 24.0 Å². The number of para-hydroxylation sites is 2. The van der Waals surface area contributed by atoms with E-state index in [1.807, 2.05) is 67.5 Å². The van der Waals surface area contributed by atoms with Gasteiger partial charge >= 0.3 is 6.03 Å². The molecule has 2 aromatic carbocycles. The summed E-state index contributed by atoms with van der Waals surface area (Å²) < 4.78 is 0. The summed E-state index contributed by atoms with van der Waals surface area (Å²) in [5, 5.41) is 16.7. The van der Waals surface area contributed by atoms with Gasteiger partial charge in [-0.25, -0.2) is 4.79 Å². The van der Waals surface area contributed by atoms with Gasteiger partial charge in [0, 0.05) is 14.1 Å². The predicted octanol–water partition coefficient (Wildman–Crippen LogP) is 3.10. The van der Waals surface area contributed by atoms with Crippen molar-refractivity contribution in [2.24, 2.45) is 0 Å². The van der Waals surface area contributed by atoms with E-state index in [2.05, 4.69) is 10.6 Å². The van der Waals surface area contributed by atoms with Crippen LogP contribution in [0.4, 0.5) is 16.2 Å². The molecule has 132 valence electrons. The molecule has 1 aliphatic carbocycles. The molecule has 1 atom stereocenters. The first-order chi connectivity index (χ1) is 12.0. The second-order valence-corrected chi connectivity index (χ2v) is 6.76. The minimum atomic E-state index is -1.01. The molecule has 0 aliphatic heterocycles. The van der Waals surface area contributed by atoms with Crippen molar-refractivity contribution >= 4 is 17.4 Å². The Labute approximate surface area is 148 Å². The molecule has 5 nitrogen and oxygen atoms in total. The van der Waals surface area contributed by atoms with Gasteiger partial charge < -0.3 is 20.6 Å². The number of urea groups is 1. The monoisotopic (exact) mass is 339 g/mol. The number of rotatable bonds is 4. The van der Waals surface area contributed by atoms with E-state index < -0.39 is 5.60 Å². The van der Waals surface area contributed by atoms with Gasteiger partial charge in [-0.3, -0.25) is 0 Å². The van der Waals surface area contributed by atoms with E-state index in [9.17, 15) is 9.90 Å². The van der Waals surface area contributed by atoms with Crippen LogP contribution in [0.25, 0.3) is 0 Å². The van der Waals surface area contributed by atoms with Crippen LogP contribution in [0.2, 0.25) is 0 Å². The predicted molar refractivity (Wildman–Crippen MR) is 101 cm³/mol. The van der Waals surface area contributed by atoms with Gasteiger partial charge in [-0.05, 0) is 42.5 Å². The van der Waals surface area contributed by atoms with Crippen molar-refractivity contribution in [2.45, 2.75) is 24.9 Å². The van der Waals surface area contributed by atoms with Crippen molar-refractivity contribution in [3.05, 3.63) is 59.7 Å². The first kappa shape index (κ1) is 17.3. The molecule has 0 bridgehead atoms. The second-order valence-electron chi connectivity index (χ2n) is 6.76. The lowest BCUT2D eigenvalue weighted by atomic mass is 9.79. The van der Waals surface area contributed by atoms with E-state index in [4.69, 9.17) is 0 Å². The van der Waals surface area contributed by atoms with E-state index in [1.165, 1.54) is 0 Å². The molecule has 2 amide bonds. The van der Waals surface area contributed by atoms with Crippen LogP contribution in [-0.2, 0) is 12.0 Å². The van der Waals surface area contributed by atoms with Gasteiger partial charge in [0.1, 0.15) is 5.60 Å². The summed E-state index contributed by atoms with van der Waals surface area (Å²) in [6.07, 6.45) is 2.54. The average Bonchev–Trinajstić information content (AvgIpc) is 2.61. The lowest BCUT2D eigenvalue weighted by Gasteiger charge is -2.34. The second kappa shape index (κ2) is 7.15. The molecule has 3 N–H and O–H groups in total. The zero-order valence-electron chi connectivity index (χ0n) is 14.7. The Hall–Kier alpha value is -2.53. The molecule has 0 aromatic heterocycles. The highest BCUT2D eigenvalue weighted by Gasteiger charge is 2.34. The van der Waals surface area contributed by atoms with E-state index in [-0.39, 0.29) is 12.6 Å². The van der Waals surface area contributed by atoms with Crippen molar-refractivity contribution in [1.82, 2.24) is 5.32 Å². The normalized spacial score (nSPS) is 19.0. The average molecular weight is 339 g/mol. The van der Waals surface area contributed by atoms with Crippen molar-refractivity contribution < 1.29 is 9.90 Å². The third-order valence-electron chi connectivity index (χ3n) is 4.73. The molecule has 0 saturated carbocycles. The number of carbonyl (C=O) groups excluding carboxylic acids is 1. The van der Waals surface area contributed by atoms with Gasteiger partial charge in [-0.1, -0.05) is 36.4 Å². The maximum atomic E-state index is 12.3. The first-order valence-electron chi connectivity index (χ1n) is 8.61. The van der Waals surface area contributed by atoms with E-state index in [0.717, 1.165) is 35.3 Å². The summed E-state index contributed by atoms with van der Waals surface area (Å²) in [5.41, 5.74) is 2.75. The number of aliphatic hydroxyl groups is 1. The smallest absolute Gasteiger partial charge is 0.319 e. The number of aryl methyl sites for hydroxylation is 1. The molecular formula is C20H25N3O2. The molecule has 25 heavy (non-hydrogen) atoms. The fraction of sp³-hybridized carbons (Fsp3) is 0.350. The van der Waals surface area contributed by atoms with Crippen LogP contribution in [0.5, 0.6) is 0 Å². The van der Waals surface area contributed by atoms with Crippen LogP contribution < -0.4 is 15.5 Å². The fourth-order valence-electron chi connectivity index (χ4n) is 3.44. The number of hydrogen-bond donors (Lipinski definition) is 3. The number of amides is 2. The zero-order chi connectivity index (χ0) is 17.9. The molecule has 0 heterocycles. The lowest BCUT2D eigenvalue weighted by molar-refractivity contribution is 0.0221. The Kier molecular flexibility index (Phi) is 4.95. The summed E-state index contributed by atoms with van der Waals surface area (Å²) >= 11 is 0. The van der Waals surface area contributed by atoms with E-state index >= 15 is 0 Å². The highest BCUT2D eigenvalue weighted by Crippen LogP contribution is 2.34. The first-order valence-corrected chi connectivity index (χ1v) is 8.61. The topological polar surface area (TPSA) is 64.6 Å². The Morgan fingerprint density at radius 2 is 1.88 bits per heavy atom. The highest BCUT2D eigenvalue weighted by atomic mass is 16.3. The summed E-state index contributed by atoms with van der Waals surface area (Å²) in [6.45, 7) is 0.194. The van der Waals surface area contributed by atoms with Crippen LogP contribution in [0.3, 0.4) is 0 Å². The molecule has 5 heteroatoms. The van der Waals surface area contributed by atoms with Gasteiger partial charge in [0.25, 0.3) is 0 Å². The molecule has 1 unspecified atom stereocenters. The Bertz CT molecular complexity index is 760. The number of anilines is 2. The molecule has 0 spiro atoms. The molecule has 1 aliphatic rings. The van der Waals surface area contributed by atoms with Crippen LogP contribution in [-0.4, -0.2) is 31.8 Å². The molecule has 0 fully saturated rings. The number of carbonyl (C=O) groups is 1. The fourth-order valence-corrected chi connectivity index (χ4v) is 3.44. The third kappa shape index (κ3) is 3.77. The van der Waals surface area contributed by atoms with E-state index in [1.54, 1.807) is 0 Å². The van der Waals surface area contributed by atoms with Gasteiger partial charge in [0.2, 0.25) is 0 Å². The maximum absolute atomic E-state index is 12.3. The van der Waals surface area contributed by atoms with Crippen LogP contribution in [0.15, 0.2) is 48.5 Å². The number of fused-ring (bicyclic) bond motifs is 1. The van der Waals surface area contributed by atoms with Crippen molar-refractivity contribution in [3.8, 4) is 0 Å². The quantitative estimate of drug-likeness (QED) is 0.802. The molecule has 2 aromatic rings. The number of hydrogen-bond acceptors (Lipinski definition) is 3. The third-order valence-corrected chi connectivity index (χ3v) is 4.73. The molecule has 0 saturated heterocycles. The number of nitrogens with one attached hydrogen (secondary N) is 2. The number of benzene rings is 2. The number of nitrogens with zero attached hydrogens (tertiary/aromatic N) is 1. The lowest BCUT2D eigenvalue weighted by Crippen LogP contribution is -2.44. The summed E-state index contributed by atoms with van der Waals surface area (Å²) in [4.78, 5) is 14.3. The molecule has 3 rings (SSSR count). The maximum Gasteiger partial charge on any atom is 0.319 e. The summed E-state index contributed by atoms with van der Waals surface area (Å²) in [6, 6.07) is 15.2. The summed E-state index contributed by atoms with van der Waals surface area (Å²) in [7, 11) is 3.86. The molecular weight excluding hydrogens is 314 g/mol. The van der Waals surface area contributed by atoms with Gasteiger partial charge in [-0.15, -0.1) is 0 Å². The van der Waals surface area contributed by atoms with E-state index in [0.29, 0.717) is 6.42 Å². The Morgan fingerprint density at radius 3 is 2.68 bits per heavy atom. The largest absolute Gasteiger partial charge is 0.383 e. The Balaban J connectivity index is 1.67. The SMILES string of the molecule is CN(C)c1ccccc1NC(=O)NCC1(O)CCCc2ccccc21. The van der Waals surface area contributed by atoms with Crippen molar-refractivity contribution in [3.63, 3.8) is 0 Å². The van der Waals surface area contributed by atoms with Crippen molar-refractivity contribution in [1.29, 1.82) is 0 Å². The standard InChI is InChI=1S/C20H25N3O2/c1-23(2)18-12-6-5-11-17(18)22-19(24)21-14-20(25)13-7-9-15-8-3-4-10-16(15)20/h3-6,8,10-12,25H,7,9,13-14H2,1-2H3,(H2,21,22,24).